The molecule has 0 saturated carbocycles. The number of guanidine groups is 1. The van der Waals surface area contributed by atoms with Gasteiger partial charge in [-0.1, -0.05) is 0 Å². The van der Waals surface area contributed by atoms with Crippen LogP contribution in [0.15, 0.2) is 4.99 Å². The maximum Gasteiger partial charge on any atom is 0.243 e. The summed E-state index contributed by atoms with van der Waals surface area (Å²) in [5.74, 6) is 0.711. The minimum atomic E-state index is -0.000107. The van der Waals surface area contributed by atoms with Crippen LogP contribution in [0.5, 0.6) is 0 Å². The molecule has 1 atom stereocenters. The van der Waals surface area contributed by atoms with Gasteiger partial charge in [-0.2, -0.15) is 0 Å². The number of hydrogen-bond donors (Lipinski definition) is 2. The fourth-order valence-electron chi connectivity index (χ4n) is 3.19. The van der Waals surface area contributed by atoms with Gasteiger partial charge >= 0.3 is 0 Å². The van der Waals surface area contributed by atoms with Crippen LogP contribution in [0.3, 0.4) is 0 Å². The van der Waals surface area contributed by atoms with E-state index >= 15 is 0 Å². The molecule has 2 N–H and O–H groups in total. The van der Waals surface area contributed by atoms with Crippen LogP contribution in [-0.2, 0) is 14.3 Å². The number of amides is 1. The first-order valence-corrected chi connectivity index (χ1v) is 10.3. The molecule has 2 fully saturated rings. The molecule has 0 aromatic carbocycles. The Morgan fingerprint density at radius 1 is 1.14 bits per heavy atom. The minimum Gasteiger partial charge on any atom is -0.379 e. The van der Waals surface area contributed by atoms with Gasteiger partial charge in [0.1, 0.15) is 6.54 Å². The van der Waals surface area contributed by atoms with Gasteiger partial charge in [0.15, 0.2) is 5.96 Å². The predicted molar refractivity (Wildman–Crippen MR) is 123 cm³/mol. The van der Waals surface area contributed by atoms with E-state index in [9.17, 15) is 4.79 Å². The molecule has 8 nitrogen and oxygen atoms in total. The standard InChI is InChI=1S/C19H37N5O3.HI/c1-23(2)18(25)16-22-19(21-9-10-24-11-14-26-15-12-24)20-8-5-7-17-6-3-4-13-27-17;/h17H,3-16H2,1-2H3,(H2,20,21,22);1H. The lowest BCUT2D eigenvalue weighted by Gasteiger charge is -2.27. The highest BCUT2D eigenvalue weighted by Gasteiger charge is 2.13. The molecule has 2 aliphatic heterocycles. The van der Waals surface area contributed by atoms with Gasteiger partial charge in [0.05, 0.1) is 19.3 Å². The molecule has 0 bridgehead atoms. The highest BCUT2D eigenvalue weighted by atomic mass is 127. The Balaban J connectivity index is 0.00000392. The maximum atomic E-state index is 11.8. The highest BCUT2D eigenvalue weighted by molar-refractivity contribution is 14.0. The van der Waals surface area contributed by atoms with Gasteiger partial charge in [0, 0.05) is 53.4 Å². The lowest BCUT2D eigenvalue weighted by atomic mass is 10.0. The summed E-state index contributed by atoms with van der Waals surface area (Å²) in [7, 11) is 3.50. The predicted octanol–water partition coefficient (Wildman–Crippen LogP) is 0.909. The summed E-state index contributed by atoms with van der Waals surface area (Å²) < 4.78 is 11.2. The van der Waals surface area contributed by atoms with Gasteiger partial charge in [-0.3, -0.25) is 9.69 Å². The Morgan fingerprint density at radius 3 is 2.57 bits per heavy atom. The summed E-state index contributed by atoms with van der Waals surface area (Å²) in [6.45, 7) is 7.20. The third-order valence-corrected chi connectivity index (χ3v) is 4.96. The third kappa shape index (κ3) is 10.8. The Morgan fingerprint density at radius 2 is 1.89 bits per heavy atom. The molecule has 0 radical (unpaired) electrons. The molecule has 164 valence electrons. The van der Waals surface area contributed by atoms with E-state index in [2.05, 4.69) is 20.5 Å². The van der Waals surface area contributed by atoms with E-state index in [0.717, 1.165) is 65.4 Å². The number of ether oxygens (including phenoxy) is 2. The Bertz CT molecular complexity index is 453. The van der Waals surface area contributed by atoms with E-state index in [-0.39, 0.29) is 36.4 Å². The summed E-state index contributed by atoms with van der Waals surface area (Å²) in [5, 5.41) is 6.71. The van der Waals surface area contributed by atoms with Crippen molar-refractivity contribution in [2.24, 2.45) is 4.99 Å². The van der Waals surface area contributed by atoms with Crippen molar-refractivity contribution in [3.63, 3.8) is 0 Å². The van der Waals surface area contributed by atoms with Crippen molar-refractivity contribution in [2.75, 3.05) is 73.2 Å². The third-order valence-electron chi connectivity index (χ3n) is 4.96. The topological polar surface area (TPSA) is 78.4 Å². The number of aliphatic imine (C=N–C) groups is 1. The number of likely N-dealkylation sites (N-methyl/N-ethyl adjacent to an activating group) is 1. The van der Waals surface area contributed by atoms with Crippen molar-refractivity contribution in [2.45, 2.75) is 38.2 Å². The van der Waals surface area contributed by atoms with Crippen LogP contribution in [0, 0.1) is 0 Å². The van der Waals surface area contributed by atoms with E-state index in [1.807, 2.05) is 0 Å². The van der Waals surface area contributed by atoms with Gasteiger partial charge in [-0.05, 0) is 32.1 Å². The molecular formula is C19H38IN5O3. The molecule has 2 saturated heterocycles. The molecule has 1 amide bonds. The molecule has 2 rings (SSSR count). The first kappa shape index (κ1) is 25.4. The molecule has 1 unspecified atom stereocenters. The Hall–Kier alpha value is -0.650. The van der Waals surface area contributed by atoms with Crippen LogP contribution in [0.4, 0.5) is 0 Å². The molecule has 0 spiro atoms. The smallest absolute Gasteiger partial charge is 0.243 e. The van der Waals surface area contributed by atoms with Gasteiger partial charge in [0.2, 0.25) is 5.91 Å². The first-order chi connectivity index (χ1) is 13.1. The molecule has 2 heterocycles. The van der Waals surface area contributed by atoms with Gasteiger partial charge in [-0.25, -0.2) is 4.99 Å². The molecule has 2 aliphatic rings. The van der Waals surface area contributed by atoms with Gasteiger partial charge in [0.25, 0.3) is 0 Å². The fourth-order valence-corrected chi connectivity index (χ4v) is 3.19. The number of rotatable bonds is 9. The number of carbonyl (C=O) groups excluding carboxylic acids is 1. The zero-order valence-electron chi connectivity index (χ0n) is 17.5. The summed E-state index contributed by atoms with van der Waals surface area (Å²) >= 11 is 0. The number of nitrogens with one attached hydrogen (secondary N) is 2. The van der Waals surface area contributed by atoms with Crippen molar-refractivity contribution in [3.8, 4) is 0 Å². The first-order valence-electron chi connectivity index (χ1n) is 10.3. The SMILES string of the molecule is CN(C)C(=O)CN=C(NCCCC1CCCCO1)NCCN1CCOCC1.I. The van der Waals surface area contributed by atoms with E-state index in [1.54, 1.807) is 19.0 Å². The van der Waals surface area contributed by atoms with Crippen LogP contribution in [0.1, 0.15) is 32.1 Å². The largest absolute Gasteiger partial charge is 0.379 e. The second kappa shape index (κ2) is 15.2. The monoisotopic (exact) mass is 511 g/mol. The van der Waals surface area contributed by atoms with Crippen molar-refractivity contribution < 1.29 is 14.3 Å². The van der Waals surface area contributed by atoms with Crippen molar-refractivity contribution in [1.29, 1.82) is 0 Å². The Labute approximate surface area is 186 Å². The van der Waals surface area contributed by atoms with Crippen LogP contribution in [-0.4, -0.2) is 101 Å². The minimum absolute atomic E-state index is 0. The van der Waals surface area contributed by atoms with Gasteiger partial charge in [-0.15, -0.1) is 24.0 Å². The average Bonchev–Trinajstić information content (AvgIpc) is 2.70. The zero-order chi connectivity index (χ0) is 19.3. The summed E-state index contributed by atoms with van der Waals surface area (Å²) in [6.07, 6.45) is 6.17. The molecule has 0 aliphatic carbocycles. The molecule has 0 aromatic rings. The number of halogens is 1. The van der Waals surface area contributed by atoms with E-state index in [1.165, 1.54) is 19.3 Å². The van der Waals surface area contributed by atoms with Crippen LogP contribution in [0.2, 0.25) is 0 Å². The second-order valence-corrected chi connectivity index (χ2v) is 7.39. The summed E-state index contributed by atoms with van der Waals surface area (Å²) in [5.41, 5.74) is 0. The second-order valence-electron chi connectivity index (χ2n) is 7.39. The molecule has 28 heavy (non-hydrogen) atoms. The highest BCUT2D eigenvalue weighted by Crippen LogP contribution is 2.16. The maximum absolute atomic E-state index is 11.8. The quantitative estimate of drug-likeness (QED) is 0.208. The zero-order valence-corrected chi connectivity index (χ0v) is 19.8. The molecule has 9 heteroatoms. The number of morpholine rings is 1. The summed E-state index contributed by atoms with van der Waals surface area (Å²) in [6, 6.07) is 0. The van der Waals surface area contributed by atoms with Crippen LogP contribution >= 0.6 is 24.0 Å². The van der Waals surface area contributed by atoms with Crippen LogP contribution in [0.25, 0.3) is 0 Å². The number of nitrogens with zero attached hydrogens (tertiary/aromatic N) is 3. The summed E-state index contributed by atoms with van der Waals surface area (Å²) in [4.78, 5) is 20.2. The van der Waals surface area contributed by atoms with Crippen molar-refractivity contribution in [1.82, 2.24) is 20.4 Å². The van der Waals surface area contributed by atoms with Crippen molar-refractivity contribution >= 4 is 35.8 Å². The average molecular weight is 511 g/mol. The fraction of sp³-hybridized carbons (Fsp3) is 0.895. The van der Waals surface area contributed by atoms with E-state index < -0.39 is 0 Å². The lowest BCUT2D eigenvalue weighted by Crippen LogP contribution is -2.45. The van der Waals surface area contributed by atoms with E-state index in [0.29, 0.717) is 12.1 Å². The van der Waals surface area contributed by atoms with E-state index in [4.69, 9.17) is 9.47 Å². The Kier molecular flexibility index (Phi) is 13.8. The molecular weight excluding hydrogens is 473 g/mol. The number of carbonyl (C=O) groups is 1. The van der Waals surface area contributed by atoms with Crippen LogP contribution < -0.4 is 10.6 Å². The van der Waals surface area contributed by atoms with Crippen molar-refractivity contribution in [3.05, 3.63) is 0 Å². The number of hydrogen-bond acceptors (Lipinski definition) is 5. The van der Waals surface area contributed by atoms with Gasteiger partial charge < -0.3 is 25.0 Å². The normalized spacial score (nSPS) is 20.9. The lowest BCUT2D eigenvalue weighted by molar-refractivity contribution is -0.127. The molecule has 0 aromatic heterocycles.